The molecule has 2 aromatic carbocycles. The summed E-state index contributed by atoms with van der Waals surface area (Å²) in [6.07, 6.45) is 6.20. The standard InChI is InChI=1S/C29H37N5O5S.ClH/c1-3-4-17-34(25-13-16-30-28(35)20-25)29(36)31-23-14-18-33(19-15-23)21-22-5-9-26(10-6-22)39-27-11-7-24(8-12-27)32-40(2,37)38;/h5-13,16,20,23,32H,3-4,14-15,17-19,21H2,1-2H3,(H,30,35)(H,31,36);1H. The second-order valence-corrected chi connectivity index (χ2v) is 11.8. The molecule has 12 heteroatoms. The molecule has 0 unspecified atom stereocenters. The number of rotatable bonds is 11. The number of likely N-dealkylation sites (tertiary alicyclic amines) is 1. The van der Waals surface area contributed by atoms with E-state index in [2.05, 4.69) is 26.8 Å². The van der Waals surface area contributed by atoms with Gasteiger partial charge in [0.15, 0.2) is 0 Å². The summed E-state index contributed by atoms with van der Waals surface area (Å²) in [7, 11) is -3.32. The number of ether oxygens (including phenoxy) is 1. The predicted molar refractivity (Wildman–Crippen MR) is 165 cm³/mol. The first kappa shape index (κ1) is 32.0. The Morgan fingerprint density at radius 1 is 1.05 bits per heavy atom. The molecule has 2 amide bonds. The van der Waals surface area contributed by atoms with E-state index in [1.54, 1.807) is 41.4 Å². The molecule has 1 saturated heterocycles. The van der Waals surface area contributed by atoms with Crippen molar-refractivity contribution >= 4 is 39.8 Å². The van der Waals surface area contributed by atoms with Gasteiger partial charge in [-0.3, -0.25) is 19.3 Å². The van der Waals surface area contributed by atoms with Gasteiger partial charge < -0.3 is 15.0 Å². The van der Waals surface area contributed by atoms with Gasteiger partial charge in [0.1, 0.15) is 11.5 Å². The molecule has 1 aromatic heterocycles. The number of nitrogens with zero attached hydrogens (tertiary/aromatic N) is 2. The molecule has 2 heterocycles. The smallest absolute Gasteiger partial charge is 0.322 e. The van der Waals surface area contributed by atoms with Crippen LogP contribution < -0.4 is 25.2 Å². The van der Waals surface area contributed by atoms with E-state index in [0.29, 0.717) is 29.4 Å². The molecule has 0 saturated carbocycles. The summed E-state index contributed by atoms with van der Waals surface area (Å²) in [6, 6.07) is 17.8. The molecule has 0 radical (unpaired) electrons. The monoisotopic (exact) mass is 603 g/mol. The molecule has 41 heavy (non-hydrogen) atoms. The van der Waals surface area contributed by atoms with Crippen molar-refractivity contribution in [2.45, 2.75) is 45.2 Å². The first-order chi connectivity index (χ1) is 19.2. The molecule has 1 fully saturated rings. The largest absolute Gasteiger partial charge is 0.457 e. The van der Waals surface area contributed by atoms with Crippen molar-refractivity contribution in [1.82, 2.24) is 15.2 Å². The van der Waals surface area contributed by atoms with Crippen molar-refractivity contribution in [3.8, 4) is 11.5 Å². The number of piperidine rings is 1. The molecular weight excluding hydrogens is 566 g/mol. The van der Waals surface area contributed by atoms with Crippen LogP contribution in [-0.4, -0.2) is 56.3 Å². The van der Waals surface area contributed by atoms with E-state index in [-0.39, 0.29) is 30.0 Å². The minimum absolute atomic E-state index is 0. The Kier molecular flexibility index (Phi) is 11.6. The molecule has 3 N–H and O–H groups in total. The van der Waals surface area contributed by atoms with Gasteiger partial charge in [-0.25, -0.2) is 13.2 Å². The fourth-order valence-corrected chi connectivity index (χ4v) is 5.18. The lowest BCUT2D eigenvalue weighted by Crippen LogP contribution is -2.49. The molecule has 1 aliphatic rings. The number of carbonyl (C=O) groups excluding carboxylic acids is 1. The number of hydrogen-bond donors (Lipinski definition) is 3. The lowest BCUT2D eigenvalue weighted by atomic mass is 10.0. The Labute approximate surface area is 247 Å². The topological polar surface area (TPSA) is 124 Å². The summed E-state index contributed by atoms with van der Waals surface area (Å²) < 4.78 is 31.0. The third-order valence-electron chi connectivity index (χ3n) is 6.69. The van der Waals surface area contributed by atoms with Crippen molar-refractivity contribution in [2.24, 2.45) is 0 Å². The van der Waals surface area contributed by atoms with Crippen LogP contribution >= 0.6 is 12.4 Å². The highest BCUT2D eigenvalue weighted by molar-refractivity contribution is 7.92. The zero-order chi connectivity index (χ0) is 28.5. The zero-order valence-electron chi connectivity index (χ0n) is 23.3. The molecule has 0 bridgehead atoms. The highest BCUT2D eigenvalue weighted by Crippen LogP contribution is 2.24. The van der Waals surface area contributed by atoms with Crippen molar-refractivity contribution in [3.05, 3.63) is 82.8 Å². The van der Waals surface area contributed by atoms with Crippen LogP contribution in [0.3, 0.4) is 0 Å². The average Bonchev–Trinajstić information content (AvgIpc) is 2.91. The van der Waals surface area contributed by atoms with Gasteiger partial charge in [0.05, 0.1) is 11.9 Å². The number of aromatic amines is 1. The van der Waals surface area contributed by atoms with Gasteiger partial charge in [-0.15, -0.1) is 12.4 Å². The number of pyridine rings is 1. The molecular formula is C29H38ClN5O5S. The van der Waals surface area contributed by atoms with Gasteiger partial charge in [0.25, 0.3) is 0 Å². The summed E-state index contributed by atoms with van der Waals surface area (Å²) in [5.74, 6) is 1.31. The van der Waals surface area contributed by atoms with E-state index >= 15 is 0 Å². The van der Waals surface area contributed by atoms with E-state index < -0.39 is 10.0 Å². The first-order valence-corrected chi connectivity index (χ1v) is 15.4. The number of hydrogen-bond acceptors (Lipinski definition) is 6. The van der Waals surface area contributed by atoms with Gasteiger partial charge in [-0.05, 0) is 67.3 Å². The Morgan fingerprint density at radius 2 is 1.68 bits per heavy atom. The summed E-state index contributed by atoms with van der Waals surface area (Å²) in [5.41, 5.74) is 2.04. The summed E-state index contributed by atoms with van der Waals surface area (Å²) in [6.45, 7) is 5.19. The van der Waals surface area contributed by atoms with E-state index in [1.165, 1.54) is 11.6 Å². The first-order valence-electron chi connectivity index (χ1n) is 13.5. The lowest BCUT2D eigenvalue weighted by Gasteiger charge is -2.34. The Hall–Kier alpha value is -3.54. The van der Waals surface area contributed by atoms with Crippen LogP contribution in [0, 0.1) is 0 Å². The maximum absolute atomic E-state index is 13.1. The maximum Gasteiger partial charge on any atom is 0.322 e. The maximum atomic E-state index is 13.1. The number of urea groups is 1. The van der Waals surface area contributed by atoms with E-state index in [4.69, 9.17) is 4.74 Å². The van der Waals surface area contributed by atoms with Crippen LogP contribution in [-0.2, 0) is 16.6 Å². The SMILES string of the molecule is CCCCN(C(=O)NC1CCN(Cc2ccc(Oc3ccc(NS(C)(=O)=O)cc3)cc2)CC1)c1cc[nH]c(=O)c1.Cl. The van der Waals surface area contributed by atoms with Gasteiger partial charge in [-0.2, -0.15) is 0 Å². The summed E-state index contributed by atoms with van der Waals surface area (Å²) in [4.78, 5) is 31.5. The molecule has 0 atom stereocenters. The highest BCUT2D eigenvalue weighted by Gasteiger charge is 2.24. The minimum atomic E-state index is -3.32. The quantitative estimate of drug-likeness (QED) is 0.285. The van der Waals surface area contributed by atoms with Crippen LogP contribution in [0.25, 0.3) is 0 Å². The molecule has 4 rings (SSSR count). The summed E-state index contributed by atoms with van der Waals surface area (Å²) >= 11 is 0. The molecule has 0 spiro atoms. The highest BCUT2D eigenvalue weighted by atomic mass is 35.5. The average molecular weight is 604 g/mol. The Morgan fingerprint density at radius 3 is 2.27 bits per heavy atom. The second-order valence-electron chi connectivity index (χ2n) is 10.1. The fourth-order valence-electron chi connectivity index (χ4n) is 4.62. The number of sulfonamides is 1. The van der Waals surface area contributed by atoms with E-state index in [9.17, 15) is 18.0 Å². The molecule has 10 nitrogen and oxygen atoms in total. The van der Waals surface area contributed by atoms with Crippen molar-refractivity contribution < 1.29 is 17.9 Å². The Bertz CT molecular complexity index is 1420. The normalized spacial score (nSPS) is 14.1. The predicted octanol–water partition coefficient (Wildman–Crippen LogP) is 4.94. The van der Waals surface area contributed by atoms with Crippen molar-refractivity contribution in [1.29, 1.82) is 0 Å². The number of carbonyl (C=O) groups is 1. The molecule has 0 aliphatic carbocycles. The van der Waals surface area contributed by atoms with Crippen LogP contribution in [0.1, 0.15) is 38.2 Å². The van der Waals surface area contributed by atoms with Crippen LogP contribution in [0.15, 0.2) is 71.7 Å². The third kappa shape index (κ3) is 10.1. The molecule has 222 valence electrons. The van der Waals surface area contributed by atoms with Crippen LogP contribution in [0.2, 0.25) is 0 Å². The van der Waals surface area contributed by atoms with Gasteiger partial charge in [0, 0.05) is 50.2 Å². The van der Waals surface area contributed by atoms with Crippen LogP contribution in [0.4, 0.5) is 16.2 Å². The van der Waals surface area contributed by atoms with Crippen molar-refractivity contribution in [3.63, 3.8) is 0 Å². The minimum Gasteiger partial charge on any atom is -0.457 e. The second kappa shape index (κ2) is 14.9. The molecule has 3 aromatic rings. The lowest BCUT2D eigenvalue weighted by molar-refractivity contribution is 0.188. The number of aromatic nitrogens is 1. The number of halogens is 1. The van der Waals surface area contributed by atoms with Gasteiger partial charge in [0.2, 0.25) is 15.6 Å². The van der Waals surface area contributed by atoms with E-state index in [1.807, 2.05) is 24.3 Å². The number of amides is 2. The fraction of sp³-hybridized carbons (Fsp3) is 0.379. The number of unbranched alkanes of at least 4 members (excludes halogenated alkanes) is 1. The van der Waals surface area contributed by atoms with Crippen molar-refractivity contribution in [2.75, 3.05) is 35.5 Å². The summed E-state index contributed by atoms with van der Waals surface area (Å²) in [5, 5.41) is 3.17. The van der Waals surface area contributed by atoms with Crippen LogP contribution in [0.5, 0.6) is 11.5 Å². The zero-order valence-corrected chi connectivity index (χ0v) is 25.0. The number of H-pyrrole nitrogens is 1. The number of nitrogens with one attached hydrogen (secondary N) is 3. The Balaban J connectivity index is 0.00000462. The third-order valence-corrected chi connectivity index (χ3v) is 7.30. The molecule has 1 aliphatic heterocycles. The number of anilines is 2. The van der Waals surface area contributed by atoms with E-state index in [0.717, 1.165) is 51.6 Å². The van der Waals surface area contributed by atoms with Gasteiger partial charge in [-0.1, -0.05) is 25.5 Å². The van der Waals surface area contributed by atoms with Gasteiger partial charge >= 0.3 is 6.03 Å². The number of benzene rings is 2.